The lowest BCUT2D eigenvalue weighted by Gasteiger charge is -2.28. The number of amides is 1. The van der Waals surface area contributed by atoms with Gasteiger partial charge in [0.05, 0.1) is 0 Å². The van der Waals surface area contributed by atoms with Crippen LogP contribution in [-0.4, -0.2) is 17.4 Å². The number of nitrogens with zero attached hydrogens (tertiary/aromatic N) is 1. The van der Waals surface area contributed by atoms with E-state index in [2.05, 4.69) is 18.2 Å². The van der Waals surface area contributed by atoms with Gasteiger partial charge >= 0.3 is 0 Å². The average Bonchev–Trinajstić information content (AvgIpc) is 2.47. The Morgan fingerprint density at radius 2 is 1.56 bits per heavy atom. The normalized spacial score (nSPS) is 14.1. The molecule has 0 N–H and O–H groups in total. The lowest BCUT2D eigenvalue weighted by molar-refractivity contribution is 0.0734. The maximum atomic E-state index is 12.3. The van der Waals surface area contributed by atoms with Crippen LogP contribution in [0.1, 0.15) is 21.5 Å². The van der Waals surface area contributed by atoms with Gasteiger partial charge in [-0.1, -0.05) is 42.5 Å². The van der Waals surface area contributed by atoms with Crippen LogP contribution < -0.4 is 0 Å². The molecule has 0 saturated carbocycles. The molecule has 1 amide bonds. The highest BCUT2D eigenvalue weighted by molar-refractivity contribution is 5.94. The fourth-order valence-corrected chi connectivity index (χ4v) is 2.43. The number of rotatable bonds is 1. The third kappa shape index (κ3) is 2.02. The van der Waals surface area contributed by atoms with E-state index in [1.54, 1.807) is 0 Å². The van der Waals surface area contributed by atoms with Crippen molar-refractivity contribution < 1.29 is 4.79 Å². The van der Waals surface area contributed by atoms with E-state index in [9.17, 15) is 4.79 Å². The first-order chi connectivity index (χ1) is 8.84. The van der Waals surface area contributed by atoms with Crippen molar-refractivity contribution in [3.05, 3.63) is 71.3 Å². The van der Waals surface area contributed by atoms with Gasteiger partial charge in [-0.15, -0.1) is 0 Å². The number of benzene rings is 2. The van der Waals surface area contributed by atoms with Gasteiger partial charge in [0.25, 0.3) is 5.91 Å². The molecule has 90 valence electrons. The topological polar surface area (TPSA) is 20.3 Å². The molecular formula is C16H15NO. The van der Waals surface area contributed by atoms with Crippen LogP contribution >= 0.6 is 0 Å². The summed E-state index contributed by atoms with van der Waals surface area (Å²) in [7, 11) is 0. The van der Waals surface area contributed by atoms with E-state index in [4.69, 9.17) is 0 Å². The summed E-state index contributed by atoms with van der Waals surface area (Å²) in [4.78, 5) is 14.3. The molecule has 0 bridgehead atoms. The van der Waals surface area contributed by atoms with Crippen molar-refractivity contribution in [2.24, 2.45) is 0 Å². The molecule has 0 atom stereocenters. The molecule has 0 spiro atoms. The van der Waals surface area contributed by atoms with Crippen LogP contribution in [0.25, 0.3) is 0 Å². The van der Waals surface area contributed by atoms with Gasteiger partial charge in [-0.2, -0.15) is 0 Å². The number of hydrogen-bond donors (Lipinski definition) is 0. The first-order valence-corrected chi connectivity index (χ1v) is 6.26. The molecule has 0 unspecified atom stereocenters. The van der Waals surface area contributed by atoms with Crippen LogP contribution in [0.3, 0.4) is 0 Å². The van der Waals surface area contributed by atoms with Gasteiger partial charge in [0, 0.05) is 18.7 Å². The Hall–Kier alpha value is -2.09. The Kier molecular flexibility index (Phi) is 2.85. The smallest absolute Gasteiger partial charge is 0.254 e. The molecule has 2 aromatic rings. The monoisotopic (exact) mass is 237 g/mol. The fraction of sp³-hybridized carbons (Fsp3) is 0.188. The Morgan fingerprint density at radius 3 is 2.33 bits per heavy atom. The molecule has 0 fully saturated rings. The van der Waals surface area contributed by atoms with Gasteiger partial charge in [-0.05, 0) is 29.7 Å². The third-order valence-electron chi connectivity index (χ3n) is 3.44. The van der Waals surface area contributed by atoms with Crippen LogP contribution in [-0.2, 0) is 13.0 Å². The highest BCUT2D eigenvalue weighted by Gasteiger charge is 2.20. The molecule has 2 aromatic carbocycles. The van der Waals surface area contributed by atoms with E-state index < -0.39 is 0 Å². The second kappa shape index (κ2) is 4.65. The summed E-state index contributed by atoms with van der Waals surface area (Å²) >= 11 is 0. The zero-order chi connectivity index (χ0) is 12.4. The molecule has 3 rings (SSSR count). The summed E-state index contributed by atoms with van der Waals surface area (Å²) < 4.78 is 0. The maximum Gasteiger partial charge on any atom is 0.254 e. The van der Waals surface area contributed by atoms with Crippen molar-refractivity contribution in [3.63, 3.8) is 0 Å². The summed E-state index contributed by atoms with van der Waals surface area (Å²) in [6, 6.07) is 17.9. The van der Waals surface area contributed by atoms with Gasteiger partial charge in [0.2, 0.25) is 0 Å². The Labute approximate surface area is 107 Å². The van der Waals surface area contributed by atoms with Crippen LogP contribution in [0.4, 0.5) is 0 Å². The highest BCUT2D eigenvalue weighted by atomic mass is 16.2. The third-order valence-corrected chi connectivity index (χ3v) is 3.44. The van der Waals surface area contributed by atoms with Gasteiger partial charge in [-0.3, -0.25) is 4.79 Å². The van der Waals surface area contributed by atoms with Crippen molar-refractivity contribution in [1.82, 2.24) is 4.90 Å². The highest BCUT2D eigenvalue weighted by Crippen LogP contribution is 2.20. The standard InChI is InChI=1S/C16H15NO/c18-16(14-7-2-1-3-8-14)17-11-10-13-6-4-5-9-15(13)12-17/h1-9H,10-12H2. The van der Waals surface area contributed by atoms with Gasteiger partial charge in [-0.25, -0.2) is 0 Å². The molecule has 0 radical (unpaired) electrons. The summed E-state index contributed by atoms with van der Waals surface area (Å²) in [5.74, 6) is 0.130. The molecule has 18 heavy (non-hydrogen) atoms. The van der Waals surface area contributed by atoms with E-state index in [-0.39, 0.29) is 5.91 Å². The molecule has 1 heterocycles. The Morgan fingerprint density at radius 1 is 0.889 bits per heavy atom. The second-order valence-electron chi connectivity index (χ2n) is 4.61. The van der Waals surface area contributed by atoms with Crippen LogP contribution in [0.15, 0.2) is 54.6 Å². The number of fused-ring (bicyclic) bond motifs is 1. The van der Waals surface area contributed by atoms with E-state index in [0.29, 0.717) is 0 Å². The average molecular weight is 237 g/mol. The van der Waals surface area contributed by atoms with Crippen LogP contribution in [0, 0.1) is 0 Å². The number of hydrogen-bond acceptors (Lipinski definition) is 1. The fourth-order valence-electron chi connectivity index (χ4n) is 2.43. The SMILES string of the molecule is O=C(c1ccccc1)N1CCc2ccccc2C1. The minimum Gasteiger partial charge on any atom is -0.334 e. The minimum atomic E-state index is 0.130. The van der Waals surface area contributed by atoms with Gasteiger partial charge in [0.15, 0.2) is 0 Å². The summed E-state index contributed by atoms with van der Waals surface area (Å²) in [6.07, 6.45) is 0.953. The summed E-state index contributed by atoms with van der Waals surface area (Å²) in [5.41, 5.74) is 3.42. The predicted molar refractivity (Wildman–Crippen MR) is 71.3 cm³/mol. The van der Waals surface area contributed by atoms with Crippen LogP contribution in [0.5, 0.6) is 0 Å². The van der Waals surface area contributed by atoms with Crippen molar-refractivity contribution in [2.75, 3.05) is 6.54 Å². The molecule has 1 aliphatic heterocycles. The Bertz CT molecular complexity index is 562. The van der Waals surface area contributed by atoms with Crippen molar-refractivity contribution >= 4 is 5.91 Å². The molecule has 0 aromatic heterocycles. The van der Waals surface area contributed by atoms with Gasteiger partial charge < -0.3 is 4.90 Å². The zero-order valence-electron chi connectivity index (χ0n) is 10.2. The van der Waals surface area contributed by atoms with Crippen molar-refractivity contribution in [1.29, 1.82) is 0 Å². The largest absolute Gasteiger partial charge is 0.334 e. The lowest BCUT2D eigenvalue weighted by atomic mass is 9.99. The molecule has 1 aliphatic rings. The quantitative estimate of drug-likeness (QED) is 0.746. The zero-order valence-corrected chi connectivity index (χ0v) is 10.2. The minimum absolute atomic E-state index is 0.130. The lowest BCUT2D eigenvalue weighted by Crippen LogP contribution is -2.35. The summed E-state index contributed by atoms with van der Waals surface area (Å²) in [6.45, 7) is 1.54. The molecule has 2 nitrogen and oxygen atoms in total. The molecular weight excluding hydrogens is 222 g/mol. The number of carbonyl (C=O) groups excluding carboxylic acids is 1. The molecule has 0 saturated heterocycles. The van der Waals surface area contributed by atoms with Gasteiger partial charge in [0.1, 0.15) is 0 Å². The van der Waals surface area contributed by atoms with E-state index in [1.165, 1.54) is 11.1 Å². The first kappa shape index (κ1) is 11.0. The maximum absolute atomic E-state index is 12.3. The second-order valence-corrected chi connectivity index (χ2v) is 4.61. The van der Waals surface area contributed by atoms with E-state index in [1.807, 2.05) is 41.3 Å². The van der Waals surface area contributed by atoms with E-state index in [0.717, 1.165) is 25.1 Å². The van der Waals surface area contributed by atoms with Crippen molar-refractivity contribution in [2.45, 2.75) is 13.0 Å². The van der Waals surface area contributed by atoms with Crippen molar-refractivity contribution in [3.8, 4) is 0 Å². The first-order valence-electron chi connectivity index (χ1n) is 6.26. The molecule has 0 aliphatic carbocycles. The predicted octanol–water partition coefficient (Wildman–Crippen LogP) is 2.89. The summed E-state index contributed by atoms with van der Waals surface area (Å²) in [5, 5.41) is 0. The Balaban J connectivity index is 1.82. The number of carbonyl (C=O) groups is 1. The molecule has 2 heteroatoms. The van der Waals surface area contributed by atoms with E-state index >= 15 is 0 Å². The van der Waals surface area contributed by atoms with Crippen LogP contribution in [0.2, 0.25) is 0 Å².